The molecule has 1 amide bonds. The summed E-state index contributed by atoms with van der Waals surface area (Å²) in [4.78, 5) is 16.3. The standard InChI is InChI=1S/C13H16ClN3O/c1-13(2,3)17(12(18)8-16-15)9-10-4-6-11(14)7-5-10/h4-8H,9H2,1-3H3. The topological polar surface area (TPSA) is 56.7 Å². The summed E-state index contributed by atoms with van der Waals surface area (Å²) in [5.41, 5.74) is 9.06. The fourth-order valence-corrected chi connectivity index (χ4v) is 1.66. The largest absolute Gasteiger partial charge is 0.361 e. The highest BCUT2D eigenvalue weighted by Gasteiger charge is 2.27. The highest BCUT2D eigenvalue weighted by molar-refractivity contribution is 6.30. The second-order valence-electron chi connectivity index (χ2n) is 4.97. The van der Waals surface area contributed by atoms with Gasteiger partial charge in [0.05, 0.1) is 0 Å². The first kappa shape index (κ1) is 14.4. The summed E-state index contributed by atoms with van der Waals surface area (Å²) in [6.07, 6.45) is 0.904. The van der Waals surface area contributed by atoms with E-state index in [0.29, 0.717) is 11.6 Å². The SMILES string of the molecule is CC(C)(C)N(Cc1ccc(Cl)cc1)C(=O)C=[N+]=[N-]. The van der Waals surface area contributed by atoms with Gasteiger partial charge in [-0.3, -0.25) is 4.79 Å². The molecule has 96 valence electrons. The van der Waals surface area contributed by atoms with E-state index in [0.717, 1.165) is 11.8 Å². The molecule has 0 aromatic heterocycles. The predicted octanol–water partition coefficient (Wildman–Crippen LogP) is 2.77. The van der Waals surface area contributed by atoms with Crippen molar-refractivity contribution in [3.05, 3.63) is 40.4 Å². The molecule has 1 aromatic rings. The molecule has 0 fully saturated rings. The van der Waals surface area contributed by atoms with Gasteiger partial charge in [0.25, 0.3) is 0 Å². The minimum absolute atomic E-state index is 0.333. The number of nitrogens with zero attached hydrogens (tertiary/aromatic N) is 3. The Balaban J connectivity index is 2.95. The lowest BCUT2D eigenvalue weighted by Gasteiger charge is -2.33. The third-order valence-electron chi connectivity index (χ3n) is 2.50. The molecule has 0 radical (unpaired) electrons. The van der Waals surface area contributed by atoms with Crippen LogP contribution in [-0.4, -0.2) is 27.4 Å². The Morgan fingerprint density at radius 1 is 1.39 bits per heavy atom. The molecule has 1 aromatic carbocycles. The number of benzene rings is 1. The summed E-state index contributed by atoms with van der Waals surface area (Å²) in [6.45, 7) is 6.20. The zero-order valence-electron chi connectivity index (χ0n) is 10.7. The quantitative estimate of drug-likeness (QED) is 0.471. The number of halogens is 1. The van der Waals surface area contributed by atoms with Gasteiger partial charge in [-0.05, 0) is 38.5 Å². The van der Waals surface area contributed by atoms with Gasteiger partial charge < -0.3 is 10.4 Å². The van der Waals surface area contributed by atoms with Gasteiger partial charge in [0, 0.05) is 17.1 Å². The summed E-state index contributed by atoms with van der Waals surface area (Å²) >= 11 is 5.82. The molecule has 1 rings (SSSR count). The van der Waals surface area contributed by atoms with Crippen LogP contribution in [0.3, 0.4) is 0 Å². The van der Waals surface area contributed by atoms with Crippen molar-refractivity contribution < 1.29 is 9.58 Å². The van der Waals surface area contributed by atoms with E-state index in [9.17, 15) is 4.79 Å². The van der Waals surface area contributed by atoms with E-state index in [-0.39, 0.29) is 11.4 Å². The van der Waals surface area contributed by atoms with Crippen LogP contribution in [0.25, 0.3) is 5.53 Å². The maximum atomic E-state index is 11.9. The Kier molecular flexibility index (Phi) is 4.65. The average molecular weight is 266 g/mol. The molecule has 0 N–H and O–H groups in total. The lowest BCUT2D eigenvalue weighted by Crippen LogP contribution is -2.45. The van der Waals surface area contributed by atoms with E-state index < -0.39 is 0 Å². The maximum absolute atomic E-state index is 11.9. The summed E-state index contributed by atoms with van der Waals surface area (Å²) in [5, 5.41) is 0.657. The normalized spacial score (nSPS) is 10.7. The minimum atomic E-state index is -0.363. The molecule has 18 heavy (non-hydrogen) atoms. The Morgan fingerprint density at radius 2 is 1.94 bits per heavy atom. The van der Waals surface area contributed by atoms with Crippen LogP contribution in [0, 0.1) is 0 Å². The molecule has 4 nitrogen and oxygen atoms in total. The molecular formula is C13H16ClN3O. The van der Waals surface area contributed by atoms with Gasteiger partial charge in [-0.15, -0.1) is 0 Å². The molecule has 0 bridgehead atoms. The summed E-state index contributed by atoms with van der Waals surface area (Å²) in [6, 6.07) is 7.29. The zero-order valence-corrected chi connectivity index (χ0v) is 11.5. The van der Waals surface area contributed by atoms with Gasteiger partial charge in [-0.1, -0.05) is 23.7 Å². The number of rotatable bonds is 3. The number of hydrogen-bond acceptors (Lipinski definition) is 1. The van der Waals surface area contributed by atoms with Crippen LogP contribution in [0.4, 0.5) is 0 Å². The van der Waals surface area contributed by atoms with E-state index >= 15 is 0 Å². The van der Waals surface area contributed by atoms with Gasteiger partial charge in [0.15, 0.2) is 0 Å². The van der Waals surface area contributed by atoms with Crippen molar-refractivity contribution in [3.63, 3.8) is 0 Å². The Morgan fingerprint density at radius 3 is 2.39 bits per heavy atom. The lowest BCUT2D eigenvalue weighted by atomic mass is 10.0. The van der Waals surface area contributed by atoms with Gasteiger partial charge in [-0.2, -0.15) is 4.79 Å². The third kappa shape index (κ3) is 3.99. The molecule has 0 saturated heterocycles. The molecule has 0 aliphatic carbocycles. The maximum Gasteiger partial charge on any atom is 0.344 e. The number of carbonyl (C=O) groups excluding carboxylic acids is 1. The van der Waals surface area contributed by atoms with Crippen LogP contribution >= 0.6 is 11.6 Å². The van der Waals surface area contributed by atoms with Crippen LogP contribution < -0.4 is 0 Å². The summed E-state index contributed by atoms with van der Waals surface area (Å²) in [5.74, 6) is -0.333. The number of amides is 1. The van der Waals surface area contributed by atoms with Crippen molar-refractivity contribution >= 4 is 23.7 Å². The number of hydrogen-bond donors (Lipinski definition) is 0. The van der Waals surface area contributed by atoms with Crippen LogP contribution in [0.5, 0.6) is 0 Å². The van der Waals surface area contributed by atoms with E-state index in [2.05, 4.69) is 4.79 Å². The van der Waals surface area contributed by atoms with Crippen molar-refractivity contribution in [1.29, 1.82) is 0 Å². The highest BCUT2D eigenvalue weighted by atomic mass is 35.5. The third-order valence-corrected chi connectivity index (χ3v) is 2.75. The molecule has 0 spiro atoms. The smallest absolute Gasteiger partial charge is 0.344 e. The summed E-state index contributed by atoms with van der Waals surface area (Å²) < 4.78 is 0. The van der Waals surface area contributed by atoms with Crippen LogP contribution in [0.1, 0.15) is 26.3 Å². The highest BCUT2D eigenvalue weighted by Crippen LogP contribution is 2.18. The van der Waals surface area contributed by atoms with Crippen molar-refractivity contribution in [3.8, 4) is 0 Å². The van der Waals surface area contributed by atoms with E-state index in [1.165, 1.54) is 0 Å². The average Bonchev–Trinajstić information content (AvgIpc) is 2.26. The molecule has 0 aliphatic rings. The monoisotopic (exact) mass is 265 g/mol. The van der Waals surface area contributed by atoms with Crippen LogP contribution in [0.2, 0.25) is 5.02 Å². The van der Waals surface area contributed by atoms with Crippen LogP contribution in [-0.2, 0) is 11.3 Å². The lowest BCUT2D eigenvalue weighted by molar-refractivity contribution is -0.132. The van der Waals surface area contributed by atoms with Gasteiger partial charge in [0.1, 0.15) is 0 Å². The molecule has 0 atom stereocenters. The van der Waals surface area contributed by atoms with Gasteiger partial charge >= 0.3 is 12.1 Å². The molecule has 0 unspecified atom stereocenters. The van der Waals surface area contributed by atoms with E-state index in [1.807, 2.05) is 32.9 Å². The van der Waals surface area contributed by atoms with Crippen molar-refractivity contribution in [1.82, 2.24) is 4.90 Å². The second kappa shape index (κ2) is 5.80. The fraction of sp³-hybridized carbons (Fsp3) is 0.385. The molecule has 0 heterocycles. The zero-order chi connectivity index (χ0) is 13.8. The summed E-state index contributed by atoms with van der Waals surface area (Å²) in [7, 11) is 0. The van der Waals surface area contributed by atoms with Crippen LogP contribution in [0.15, 0.2) is 24.3 Å². The van der Waals surface area contributed by atoms with Crippen molar-refractivity contribution in [2.24, 2.45) is 0 Å². The predicted molar refractivity (Wildman–Crippen MR) is 71.4 cm³/mol. The Bertz CT molecular complexity index is 470. The molecule has 0 aliphatic heterocycles. The first-order valence-corrected chi connectivity index (χ1v) is 5.96. The van der Waals surface area contributed by atoms with Gasteiger partial charge in [-0.25, -0.2) is 0 Å². The molecular weight excluding hydrogens is 250 g/mol. The van der Waals surface area contributed by atoms with Crippen molar-refractivity contribution in [2.75, 3.05) is 0 Å². The first-order valence-electron chi connectivity index (χ1n) is 5.58. The van der Waals surface area contributed by atoms with Crippen molar-refractivity contribution in [2.45, 2.75) is 32.9 Å². The number of carbonyl (C=O) groups is 1. The van der Waals surface area contributed by atoms with E-state index in [4.69, 9.17) is 17.1 Å². The van der Waals surface area contributed by atoms with Gasteiger partial charge in [0.2, 0.25) is 0 Å². The Hall–Kier alpha value is -1.64. The minimum Gasteiger partial charge on any atom is -0.361 e. The molecule has 5 heteroatoms. The Labute approximate surface area is 112 Å². The fourth-order valence-electron chi connectivity index (χ4n) is 1.54. The van der Waals surface area contributed by atoms with E-state index in [1.54, 1.807) is 17.0 Å². The molecule has 0 saturated carbocycles. The second-order valence-corrected chi connectivity index (χ2v) is 5.40. The first-order chi connectivity index (χ1) is 8.34.